The number of benzene rings is 2. The number of hydrogen-bond acceptors (Lipinski definition) is 3. The molecule has 4 heteroatoms. The smallest absolute Gasteiger partial charge is 0.140 e. The highest BCUT2D eigenvalue weighted by molar-refractivity contribution is 7.98. The maximum Gasteiger partial charge on any atom is 0.140 e. The zero-order valence-corrected chi connectivity index (χ0v) is 15.6. The van der Waals surface area contributed by atoms with Crippen LogP contribution in [-0.4, -0.2) is 27.3 Å². The zero-order chi connectivity index (χ0) is 17.2. The third-order valence-corrected chi connectivity index (χ3v) is 5.68. The third kappa shape index (κ3) is 3.37. The van der Waals surface area contributed by atoms with Crippen molar-refractivity contribution >= 4 is 11.8 Å². The van der Waals surface area contributed by atoms with Crippen LogP contribution in [0.5, 0.6) is 0 Å². The normalized spacial score (nSPS) is 14.5. The van der Waals surface area contributed by atoms with E-state index >= 15 is 0 Å². The van der Waals surface area contributed by atoms with Crippen molar-refractivity contribution in [1.82, 2.24) is 14.5 Å². The Hall–Kier alpha value is -2.04. The second-order valence-electron chi connectivity index (χ2n) is 6.56. The monoisotopic (exact) mass is 349 g/mol. The van der Waals surface area contributed by atoms with Gasteiger partial charge < -0.3 is 4.57 Å². The molecule has 0 radical (unpaired) electrons. The maximum atomic E-state index is 4.92. The minimum Gasteiger partial charge on any atom is -0.330 e. The van der Waals surface area contributed by atoms with E-state index in [2.05, 4.69) is 77.4 Å². The lowest BCUT2D eigenvalue weighted by Crippen LogP contribution is -2.31. The molecule has 0 atom stereocenters. The molecule has 0 aliphatic carbocycles. The van der Waals surface area contributed by atoms with E-state index in [1.54, 1.807) is 11.8 Å². The Morgan fingerprint density at radius 2 is 1.80 bits per heavy atom. The van der Waals surface area contributed by atoms with Crippen molar-refractivity contribution in [2.45, 2.75) is 24.4 Å². The number of aromatic nitrogens is 2. The fourth-order valence-electron chi connectivity index (χ4n) is 3.51. The van der Waals surface area contributed by atoms with Crippen molar-refractivity contribution in [3.05, 3.63) is 71.5 Å². The average Bonchev–Trinajstić information content (AvgIpc) is 2.99. The number of imidazole rings is 1. The number of fused-ring (bicyclic) bond motifs is 1. The van der Waals surface area contributed by atoms with E-state index in [1.165, 1.54) is 27.4 Å². The Morgan fingerprint density at radius 3 is 2.52 bits per heavy atom. The predicted molar refractivity (Wildman–Crippen MR) is 105 cm³/mol. The van der Waals surface area contributed by atoms with Gasteiger partial charge >= 0.3 is 0 Å². The van der Waals surface area contributed by atoms with E-state index in [1.807, 2.05) is 0 Å². The van der Waals surface area contributed by atoms with Gasteiger partial charge in [0.2, 0.25) is 0 Å². The fraction of sp³-hybridized carbons (Fsp3) is 0.286. The van der Waals surface area contributed by atoms with Crippen LogP contribution in [0.3, 0.4) is 0 Å². The fourth-order valence-corrected chi connectivity index (χ4v) is 3.92. The van der Waals surface area contributed by atoms with Crippen LogP contribution in [-0.2, 0) is 26.6 Å². The minimum atomic E-state index is 0.968. The summed E-state index contributed by atoms with van der Waals surface area (Å²) in [7, 11) is 2.14. The molecule has 0 bridgehead atoms. The summed E-state index contributed by atoms with van der Waals surface area (Å²) >= 11 is 1.79. The van der Waals surface area contributed by atoms with Crippen LogP contribution in [0.4, 0.5) is 0 Å². The first kappa shape index (κ1) is 16.4. The lowest BCUT2D eigenvalue weighted by molar-refractivity contribution is 0.238. The molecule has 1 aromatic heterocycles. The summed E-state index contributed by atoms with van der Waals surface area (Å²) in [5.74, 6) is 1.08. The molecule has 1 aliphatic rings. The first-order valence-electron chi connectivity index (χ1n) is 8.70. The first-order chi connectivity index (χ1) is 12.2. The van der Waals surface area contributed by atoms with Crippen molar-refractivity contribution < 1.29 is 0 Å². The van der Waals surface area contributed by atoms with Gasteiger partial charge in [0, 0.05) is 43.6 Å². The first-order valence-corrected chi connectivity index (χ1v) is 9.92. The molecule has 3 aromatic rings. The van der Waals surface area contributed by atoms with Gasteiger partial charge in [0.1, 0.15) is 5.82 Å². The van der Waals surface area contributed by atoms with Gasteiger partial charge in [-0.15, -0.1) is 11.8 Å². The molecule has 2 aromatic carbocycles. The molecule has 2 heterocycles. The summed E-state index contributed by atoms with van der Waals surface area (Å²) in [6.45, 7) is 3.04. The van der Waals surface area contributed by atoms with Crippen molar-refractivity contribution in [1.29, 1.82) is 0 Å². The molecular formula is C21H23N3S. The lowest BCUT2D eigenvalue weighted by Gasteiger charge is -2.27. The highest BCUT2D eigenvalue weighted by Crippen LogP contribution is 2.26. The van der Waals surface area contributed by atoms with E-state index in [9.17, 15) is 0 Å². The molecule has 0 fully saturated rings. The quantitative estimate of drug-likeness (QED) is 0.653. The van der Waals surface area contributed by atoms with Gasteiger partial charge in [-0.25, -0.2) is 4.98 Å². The van der Waals surface area contributed by atoms with Crippen LogP contribution in [0, 0.1) is 0 Å². The Balaban J connectivity index is 1.53. The Morgan fingerprint density at radius 1 is 1.04 bits per heavy atom. The summed E-state index contributed by atoms with van der Waals surface area (Å²) < 4.78 is 2.27. The number of nitrogens with zero attached hydrogens (tertiary/aromatic N) is 3. The second-order valence-corrected chi connectivity index (χ2v) is 7.44. The SMILES string of the molecule is CSc1ccc(CN2CCc3nc(-c4ccccc4)n(C)c3C2)cc1. The molecule has 4 rings (SSSR count). The van der Waals surface area contributed by atoms with Gasteiger partial charge in [-0.3, -0.25) is 4.90 Å². The Kier molecular flexibility index (Phi) is 4.64. The van der Waals surface area contributed by atoms with Crippen LogP contribution in [0.2, 0.25) is 0 Å². The topological polar surface area (TPSA) is 21.1 Å². The number of rotatable bonds is 4. The molecule has 0 amide bonds. The van der Waals surface area contributed by atoms with Gasteiger partial charge in [-0.05, 0) is 24.0 Å². The van der Waals surface area contributed by atoms with Gasteiger partial charge in [-0.1, -0.05) is 42.5 Å². The molecular weight excluding hydrogens is 326 g/mol. The molecule has 0 saturated heterocycles. The van der Waals surface area contributed by atoms with Gasteiger partial charge in [0.15, 0.2) is 0 Å². The summed E-state index contributed by atoms with van der Waals surface area (Å²) in [5, 5.41) is 0. The van der Waals surface area contributed by atoms with Crippen LogP contribution < -0.4 is 0 Å². The maximum absolute atomic E-state index is 4.92. The number of thioether (sulfide) groups is 1. The zero-order valence-electron chi connectivity index (χ0n) is 14.8. The van der Waals surface area contributed by atoms with E-state index in [4.69, 9.17) is 4.98 Å². The Bertz CT molecular complexity index is 853. The van der Waals surface area contributed by atoms with Gasteiger partial charge in [-0.2, -0.15) is 0 Å². The molecule has 0 N–H and O–H groups in total. The van der Waals surface area contributed by atoms with Crippen LogP contribution in [0.1, 0.15) is 17.0 Å². The van der Waals surface area contributed by atoms with E-state index < -0.39 is 0 Å². The molecule has 0 spiro atoms. The van der Waals surface area contributed by atoms with E-state index in [0.717, 1.165) is 31.9 Å². The standard InChI is InChI=1S/C21H23N3S/c1-23-20-15-24(14-16-8-10-18(25-2)11-9-16)13-12-19(20)22-21(23)17-6-4-3-5-7-17/h3-11H,12-15H2,1-2H3. The van der Waals surface area contributed by atoms with Crippen LogP contribution >= 0.6 is 11.8 Å². The highest BCUT2D eigenvalue weighted by atomic mass is 32.2. The summed E-state index contributed by atoms with van der Waals surface area (Å²) in [6.07, 6.45) is 3.15. The molecule has 0 unspecified atom stereocenters. The Labute approximate surface area is 153 Å². The van der Waals surface area contributed by atoms with Crippen LogP contribution in [0.25, 0.3) is 11.4 Å². The van der Waals surface area contributed by atoms with Crippen molar-refractivity contribution in [2.75, 3.05) is 12.8 Å². The second kappa shape index (κ2) is 7.06. The summed E-state index contributed by atoms with van der Waals surface area (Å²) in [4.78, 5) is 8.76. The largest absolute Gasteiger partial charge is 0.330 e. The van der Waals surface area contributed by atoms with Crippen molar-refractivity contribution in [2.24, 2.45) is 7.05 Å². The average molecular weight is 350 g/mol. The van der Waals surface area contributed by atoms with Crippen LogP contribution in [0.15, 0.2) is 59.5 Å². The molecule has 128 valence electrons. The molecule has 25 heavy (non-hydrogen) atoms. The number of hydrogen-bond donors (Lipinski definition) is 0. The summed E-state index contributed by atoms with van der Waals surface area (Å²) in [5.41, 5.74) is 5.19. The molecule has 1 aliphatic heterocycles. The minimum absolute atomic E-state index is 0.968. The predicted octanol–water partition coefficient (Wildman–Crippen LogP) is 4.37. The van der Waals surface area contributed by atoms with E-state index in [0.29, 0.717) is 0 Å². The van der Waals surface area contributed by atoms with Crippen molar-refractivity contribution in [3.8, 4) is 11.4 Å². The highest BCUT2D eigenvalue weighted by Gasteiger charge is 2.23. The summed E-state index contributed by atoms with van der Waals surface area (Å²) in [6, 6.07) is 19.4. The molecule has 3 nitrogen and oxygen atoms in total. The van der Waals surface area contributed by atoms with E-state index in [-0.39, 0.29) is 0 Å². The van der Waals surface area contributed by atoms with Gasteiger partial charge in [0.05, 0.1) is 11.4 Å². The third-order valence-electron chi connectivity index (χ3n) is 4.93. The lowest BCUT2D eigenvalue weighted by atomic mass is 10.1. The molecule has 0 saturated carbocycles. The van der Waals surface area contributed by atoms with Crippen molar-refractivity contribution in [3.63, 3.8) is 0 Å². The van der Waals surface area contributed by atoms with Gasteiger partial charge in [0.25, 0.3) is 0 Å².